The average molecular weight is 196 g/mol. The summed E-state index contributed by atoms with van der Waals surface area (Å²) in [5.74, 6) is 0.987. The summed E-state index contributed by atoms with van der Waals surface area (Å²) in [7, 11) is 1.85. The maximum Gasteiger partial charge on any atom is 0.256 e. The first-order chi connectivity index (χ1) is 6.69. The van der Waals surface area contributed by atoms with E-state index in [1.54, 1.807) is 0 Å². The monoisotopic (exact) mass is 196 g/mol. The van der Waals surface area contributed by atoms with Gasteiger partial charge in [-0.2, -0.15) is 0 Å². The minimum Gasteiger partial charge on any atom is -0.383 e. The highest BCUT2D eigenvalue weighted by atomic mass is 16.1. The Morgan fingerprint density at radius 1 is 1.57 bits per heavy atom. The molecule has 14 heavy (non-hydrogen) atoms. The van der Waals surface area contributed by atoms with Crippen molar-refractivity contribution < 1.29 is 0 Å². The van der Waals surface area contributed by atoms with E-state index in [1.807, 2.05) is 14.0 Å². The van der Waals surface area contributed by atoms with E-state index in [0.717, 1.165) is 6.54 Å². The lowest BCUT2D eigenvalue weighted by molar-refractivity contribution is 0.749. The van der Waals surface area contributed by atoms with Crippen LogP contribution in [0.2, 0.25) is 0 Å². The fourth-order valence-corrected chi connectivity index (χ4v) is 1.27. The number of aromatic amines is 1. The van der Waals surface area contributed by atoms with Gasteiger partial charge in [0.25, 0.3) is 5.56 Å². The SMILES string of the molecule is CCc1c(N)nc(CCNC)[nH]c1=O. The number of rotatable bonds is 4. The summed E-state index contributed by atoms with van der Waals surface area (Å²) in [6.07, 6.45) is 1.29. The molecule has 1 aromatic rings. The van der Waals surface area contributed by atoms with E-state index in [0.29, 0.717) is 30.0 Å². The van der Waals surface area contributed by atoms with Crippen molar-refractivity contribution in [3.8, 4) is 0 Å². The third-order valence-electron chi connectivity index (χ3n) is 2.06. The number of hydrogen-bond donors (Lipinski definition) is 3. The summed E-state index contributed by atoms with van der Waals surface area (Å²) >= 11 is 0. The number of nitrogens with zero attached hydrogens (tertiary/aromatic N) is 1. The van der Waals surface area contributed by atoms with Gasteiger partial charge in [0, 0.05) is 13.0 Å². The van der Waals surface area contributed by atoms with Gasteiger partial charge >= 0.3 is 0 Å². The number of aromatic nitrogens is 2. The Labute approximate surface area is 82.7 Å². The molecule has 0 aliphatic rings. The van der Waals surface area contributed by atoms with Crippen LogP contribution in [0.4, 0.5) is 5.82 Å². The van der Waals surface area contributed by atoms with Crippen molar-refractivity contribution in [3.05, 3.63) is 21.7 Å². The second kappa shape index (κ2) is 4.76. The zero-order valence-corrected chi connectivity index (χ0v) is 8.55. The van der Waals surface area contributed by atoms with E-state index in [1.165, 1.54) is 0 Å². The molecule has 1 aromatic heterocycles. The Morgan fingerprint density at radius 3 is 2.79 bits per heavy atom. The molecule has 0 atom stereocenters. The first-order valence-electron chi connectivity index (χ1n) is 4.71. The first-order valence-corrected chi connectivity index (χ1v) is 4.71. The van der Waals surface area contributed by atoms with Crippen LogP contribution in [0.3, 0.4) is 0 Å². The van der Waals surface area contributed by atoms with Crippen LogP contribution in [0.15, 0.2) is 4.79 Å². The maximum atomic E-state index is 11.5. The molecule has 4 N–H and O–H groups in total. The largest absolute Gasteiger partial charge is 0.383 e. The van der Waals surface area contributed by atoms with Gasteiger partial charge in [-0.1, -0.05) is 6.92 Å². The summed E-state index contributed by atoms with van der Waals surface area (Å²) in [5, 5.41) is 2.98. The molecule has 5 heteroatoms. The Balaban J connectivity index is 2.96. The molecule has 0 fully saturated rings. The Hall–Kier alpha value is -1.36. The third kappa shape index (κ3) is 2.32. The summed E-state index contributed by atoms with van der Waals surface area (Å²) < 4.78 is 0. The molecule has 0 spiro atoms. The summed E-state index contributed by atoms with van der Waals surface area (Å²) in [4.78, 5) is 18.3. The Bertz CT molecular complexity index is 358. The first kappa shape index (κ1) is 10.7. The number of H-pyrrole nitrogens is 1. The topological polar surface area (TPSA) is 83.8 Å². The van der Waals surface area contributed by atoms with Crippen molar-refractivity contribution in [2.45, 2.75) is 19.8 Å². The predicted octanol–water partition coefficient (Wildman–Crippen LogP) is -0.324. The molecule has 78 valence electrons. The van der Waals surface area contributed by atoms with Crippen molar-refractivity contribution >= 4 is 5.82 Å². The van der Waals surface area contributed by atoms with Gasteiger partial charge in [0.05, 0.1) is 5.56 Å². The molecule has 0 aliphatic carbocycles. The molecular formula is C9H16N4O. The normalized spacial score (nSPS) is 10.4. The Kier molecular flexibility index (Phi) is 3.64. The van der Waals surface area contributed by atoms with Crippen LogP contribution in [0.5, 0.6) is 0 Å². The number of anilines is 1. The number of nitrogens with one attached hydrogen (secondary N) is 2. The van der Waals surface area contributed by atoms with Gasteiger partial charge in [-0.25, -0.2) is 4.98 Å². The van der Waals surface area contributed by atoms with Gasteiger partial charge in [-0.05, 0) is 13.5 Å². The summed E-state index contributed by atoms with van der Waals surface area (Å²) in [5.41, 5.74) is 6.10. The van der Waals surface area contributed by atoms with Crippen LogP contribution in [-0.4, -0.2) is 23.6 Å². The molecule has 0 aromatic carbocycles. The highest BCUT2D eigenvalue weighted by molar-refractivity contribution is 5.37. The lowest BCUT2D eigenvalue weighted by Gasteiger charge is -2.04. The van der Waals surface area contributed by atoms with Crippen molar-refractivity contribution in [2.75, 3.05) is 19.3 Å². The quantitative estimate of drug-likeness (QED) is 0.616. The van der Waals surface area contributed by atoms with Gasteiger partial charge in [-0.15, -0.1) is 0 Å². The van der Waals surface area contributed by atoms with E-state index in [-0.39, 0.29) is 5.56 Å². The third-order valence-corrected chi connectivity index (χ3v) is 2.06. The minimum atomic E-state index is -0.119. The minimum absolute atomic E-state index is 0.119. The maximum absolute atomic E-state index is 11.5. The van der Waals surface area contributed by atoms with Gasteiger partial charge in [0.1, 0.15) is 11.6 Å². The van der Waals surface area contributed by atoms with Gasteiger partial charge in [0.2, 0.25) is 0 Å². The van der Waals surface area contributed by atoms with E-state index >= 15 is 0 Å². The number of hydrogen-bond acceptors (Lipinski definition) is 4. The number of nitrogen functional groups attached to an aromatic ring is 1. The molecule has 1 heterocycles. The molecule has 0 unspecified atom stereocenters. The van der Waals surface area contributed by atoms with Crippen molar-refractivity contribution in [1.29, 1.82) is 0 Å². The van der Waals surface area contributed by atoms with Crippen LogP contribution >= 0.6 is 0 Å². The average Bonchev–Trinajstić information content (AvgIpc) is 2.14. The molecule has 0 bridgehead atoms. The highest BCUT2D eigenvalue weighted by Gasteiger charge is 2.05. The molecule has 0 saturated carbocycles. The smallest absolute Gasteiger partial charge is 0.256 e. The van der Waals surface area contributed by atoms with Crippen molar-refractivity contribution in [2.24, 2.45) is 0 Å². The van der Waals surface area contributed by atoms with Gasteiger partial charge in [0.15, 0.2) is 0 Å². The summed E-state index contributed by atoms with van der Waals surface area (Å²) in [6, 6.07) is 0. The van der Waals surface area contributed by atoms with Gasteiger partial charge in [-0.3, -0.25) is 4.79 Å². The highest BCUT2D eigenvalue weighted by Crippen LogP contribution is 2.02. The van der Waals surface area contributed by atoms with Crippen LogP contribution in [-0.2, 0) is 12.8 Å². The second-order valence-electron chi connectivity index (χ2n) is 3.08. The zero-order chi connectivity index (χ0) is 10.6. The molecule has 0 amide bonds. The van der Waals surface area contributed by atoms with Crippen LogP contribution in [0.25, 0.3) is 0 Å². The van der Waals surface area contributed by atoms with E-state index in [2.05, 4.69) is 15.3 Å². The second-order valence-corrected chi connectivity index (χ2v) is 3.08. The van der Waals surface area contributed by atoms with Crippen molar-refractivity contribution in [1.82, 2.24) is 15.3 Å². The molecular weight excluding hydrogens is 180 g/mol. The fraction of sp³-hybridized carbons (Fsp3) is 0.556. The predicted molar refractivity (Wildman–Crippen MR) is 56.3 cm³/mol. The van der Waals surface area contributed by atoms with Gasteiger partial charge < -0.3 is 16.0 Å². The molecule has 0 aliphatic heterocycles. The van der Waals surface area contributed by atoms with E-state index in [9.17, 15) is 4.79 Å². The van der Waals surface area contributed by atoms with Crippen LogP contribution < -0.4 is 16.6 Å². The summed E-state index contributed by atoms with van der Waals surface area (Å²) in [6.45, 7) is 2.66. The molecule has 5 nitrogen and oxygen atoms in total. The zero-order valence-electron chi connectivity index (χ0n) is 8.55. The van der Waals surface area contributed by atoms with Crippen molar-refractivity contribution in [3.63, 3.8) is 0 Å². The van der Waals surface area contributed by atoms with Crippen LogP contribution in [0.1, 0.15) is 18.3 Å². The standard InChI is InChI=1S/C9H16N4O/c1-3-6-8(10)12-7(4-5-11-2)13-9(6)14/h11H,3-5H2,1-2H3,(H3,10,12,13,14). The van der Waals surface area contributed by atoms with E-state index < -0.39 is 0 Å². The molecule has 0 radical (unpaired) electrons. The lowest BCUT2D eigenvalue weighted by atomic mass is 10.2. The van der Waals surface area contributed by atoms with Crippen LogP contribution in [0, 0.1) is 0 Å². The van der Waals surface area contributed by atoms with E-state index in [4.69, 9.17) is 5.73 Å². The fourth-order valence-electron chi connectivity index (χ4n) is 1.27. The Morgan fingerprint density at radius 2 is 2.29 bits per heavy atom. The number of likely N-dealkylation sites (N-methyl/N-ethyl adjacent to an activating group) is 1. The number of nitrogens with two attached hydrogens (primary N) is 1. The molecule has 0 saturated heterocycles. The lowest BCUT2D eigenvalue weighted by Crippen LogP contribution is -2.21. The molecule has 1 rings (SSSR count).